The smallest absolute Gasteiger partial charge is 0.0714 e. The average molecular weight is 171 g/mol. The van der Waals surface area contributed by atoms with E-state index >= 15 is 0 Å². The molecule has 2 nitrogen and oxygen atoms in total. The summed E-state index contributed by atoms with van der Waals surface area (Å²) in [6.45, 7) is 6.43. The second-order valence-electron chi connectivity index (χ2n) is 3.60. The van der Waals surface area contributed by atoms with E-state index in [-0.39, 0.29) is 0 Å². The molecule has 0 aliphatic carbocycles. The number of hydrogen-bond acceptors (Lipinski definition) is 2. The van der Waals surface area contributed by atoms with E-state index in [0.29, 0.717) is 12.1 Å². The maximum Gasteiger partial charge on any atom is 0.0714 e. The molecule has 2 atom stereocenters. The van der Waals surface area contributed by atoms with E-state index in [1.165, 1.54) is 25.7 Å². The highest BCUT2D eigenvalue weighted by atomic mass is 16.5. The zero-order valence-corrected chi connectivity index (χ0v) is 8.31. The Morgan fingerprint density at radius 2 is 2.25 bits per heavy atom. The van der Waals surface area contributed by atoms with Crippen LogP contribution in [-0.4, -0.2) is 25.3 Å². The normalized spacial score (nSPS) is 29.5. The minimum atomic E-state index is 0.487. The van der Waals surface area contributed by atoms with Crippen LogP contribution in [0.3, 0.4) is 0 Å². The van der Waals surface area contributed by atoms with E-state index in [2.05, 4.69) is 19.2 Å². The maximum atomic E-state index is 5.71. The van der Waals surface area contributed by atoms with Crippen LogP contribution in [0.25, 0.3) is 0 Å². The summed E-state index contributed by atoms with van der Waals surface area (Å²) in [5.41, 5.74) is 0. The van der Waals surface area contributed by atoms with Gasteiger partial charge in [0, 0.05) is 19.2 Å². The van der Waals surface area contributed by atoms with Gasteiger partial charge in [-0.25, -0.2) is 0 Å². The first-order chi connectivity index (χ1) is 5.86. The monoisotopic (exact) mass is 171 g/mol. The molecule has 0 unspecified atom stereocenters. The lowest BCUT2D eigenvalue weighted by Gasteiger charge is -2.09. The Bertz CT molecular complexity index is 116. The minimum absolute atomic E-state index is 0.487. The molecule has 1 heterocycles. The van der Waals surface area contributed by atoms with E-state index in [4.69, 9.17) is 4.74 Å². The number of unbranched alkanes of at least 4 members (excludes halogenated alkanes) is 1. The standard InChI is InChI=1S/C10H21NO/c1-3-5-6-12-10-7-9(4-2)11-8-10/h9-11H,3-8H2,1-2H3/t9-,10+/m1/s1. The lowest BCUT2D eigenvalue weighted by atomic mass is 10.1. The van der Waals surface area contributed by atoms with E-state index in [9.17, 15) is 0 Å². The van der Waals surface area contributed by atoms with Gasteiger partial charge in [-0.1, -0.05) is 20.3 Å². The Hall–Kier alpha value is -0.0800. The lowest BCUT2D eigenvalue weighted by Crippen LogP contribution is -2.20. The zero-order valence-electron chi connectivity index (χ0n) is 8.31. The van der Waals surface area contributed by atoms with Gasteiger partial charge in [0.05, 0.1) is 6.10 Å². The largest absolute Gasteiger partial charge is 0.377 e. The second kappa shape index (κ2) is 5.55. The third kappa shape index (κ3) is 3.11. The van der Waals surface area contributed by atoms with Crippen LogP contribution in [0.1, 0.15) is 39.5 Å². The van der Waals surface area contributed by atoms with Gasteiger partial charge >= 0.3 is 0 Å². The van der Waals surface area contributed by atoms with Gasteiger partial charge in [-0.3, -0.25) is 0 Å². The van der Waals surface area contributed by atoms with E-state index in [0.717, 1.165) is 13.2 Å². The molecule has 1 N–H and O–H groups in total. The molecule has 0 aromatic carbocycles. The van der Waals surface area contributed by atoms with Crippen LogP contribution < -0.4 is 5.32 Å². The van der Waals surface area contributed by atoms with Crippen LogP contribution in [0, 0.1) is 0 Å². The molecule has 0 aromatic heterocycles. The van der Waals surface area contributed by atoms with Gasteiger partial charge in [0.2, 0.25) is 0 Å². The van der Waals surface area contributed by atoms with Crippen LogP contribution in [0.4, 0.5) is 0 Å². The summed E-state index contributed by atoms with van der Waals surface area (Å²) in [5.74, 6) is 0. The van der Waals surface area contributed by atoms with Gasteiger partial charge in [-0.05, 0) is 19.3 Å². The van der Waals surface area contributed by atoms with Crippen molar-refractivity contribution < 1.29 is 4.74 Å². The molecule has 1 aliphatic heterocycles. The van der Waals surface area contributed by atoms with Gasteiger partial charge in [-0.15, -0.1) is 0 Å². The molecule has 0 radical (unpaired) electrons. The fourth-order valence-corrected chi connectivity index (χ4v) is 1.61. The molecule has 72 valence electrons. The highest BCUT2D eigenvalue weighted by Crippen LogP contribution is 2.12. The Morgan fingerprint density at radius 1 is 1.42 bits per heavy atom. The van der Waals surface area contributed by atoms with Crippen molar-refractivity contribution >= 4 is 0 Å². The Kier molecular flexibility index (Phi) is 4.62. The first-order valence-electron chi connectivity index (χ1n) is 5.21. The molecule has 1 rings (SSSR count). The van der Waals surface area contributed by atoms with Crippen molar-refractivity contribution in [1.82, 2.24) is 5.32 Å². The Balaban J connectivity index is 2.03. The van der Waals surface area contributed by atoms with Gasteiger partial charge in [0.15, 0.2) is 0 Å². The zero-order chi connectivity index (χ0) is 8.81. The van der Waals surface area contributed by atoms with E-state index in [1.807, 2.05) is 0 Å². The molecule has 0 saturated carbocycles. The van der Waals surface area contributed by atoms with Gasteiger partial charge in [0.1, 0.15) is 0 Å². The van der Waals surface area contributed by atoms with Gasteiger partial charge < -0.3 is 10.1 Å². The van der Waals surface area contributed by atoms with Crippen LogP contribution in [-0.2, 0) is 4.74 Å². The van der Waals surface area contributed by atoms with Crippen molar-refractivity contribution in [1.29, 1.82) is 0 Å². The summed E-state index contributed by atoms with van der Waals surface area (Å²) >= 11 is 0. The predicted octanol–water partition coefficient (Wildman–Crippen LogP) is 1.94. The van der Waals surface area contributed by atoms with Crippen molar-refractivity contribution in [2.45, 2.75) is 51.7 Å². The Morgan fingerprint density at radius 3 is 2.83 bits per heavy atom. The molecular formula is C10H21NO. The van der Waals surface area contributed by atoms with Crippen molar-refractivity contribution in [2.24, 2.45) is 0 Å². The van der Waals surface area contributed by atoms with Crippen LogP contribution >= 0.6 is 0 Å². The highest BCUT2D eigenvalue weighted by Gasteiger charge is 2.22. The minimum Gasteiger partial charge on any atom is -0.377 e. The second-order valence-corrected chi connectivity index (χ2v) is 3.60. The Labute approximate surface area is 75.7 Å². The summed E-state index contributed by atoms with van der Waals surface area (Å²) in [6.07, 6.45) is 5.36. The topological polar surface area (TPSA) is 21.3 Å². The molecule has 1 saturated heterocycles. The molecule has 0 aromatic rings. The average Bonchev–Trinajstić information content (AvgIpc) is 2.53. The highest BCUT2D eigenvalue weighted by molar-refractivity contribution is 4.80. The quantitative estimate of drug-likeness (QED) is 0.638. The van der Waals surface area contributed by atoms with Gasteiger partial charge in [0.25, 0.3) is 0 Å². The molecule has 2 heteroatoms. The van der Waals surface area contributed by atoms with Crippen LogP contribution in [0.15, 0.2) is 0 Å². The summed E-state index contributed by atoms with van der Waals surface area (Å²) in [5, 5.41) is 3.46. The van der Waals surface area contributed by atoms with E-state index in [1.54, 1.807) is 0 Å². The summed E-state index contributed by atoms with van der Waals surface area (Å²) in [4.78, 5) is 0. The number of ether oxygens (including phenoxy) is 1. The fourth-order valence-electron chi connectivity index (χ4n) is 1.61. The molecule has 0 amide bonds. The van der Waals surface area contributed by atoms with Crippen molar-refractivity contribution in [2.75, 3.05) is 13.2 Å². The predicted molar refractivity (Wildman–Crippen MR) is 51.3 cm³/mol. The SMILES string of the molecule is CCCCO[C@@H]1CN[C@H](CC)C1. The fraction of sp³-hybridized carbons (Fsp3) is 1.00. The summed E-state index contributed by atoms with van der Waals surface area (Å²) in [7, 11) is 0. The molecule has 1 fully saturated rings. The van der Waals surface area contributed by atoms with Crippen molar-refractivity contribution in [3.05, 3.63) is 0 Å². The van der Waals surface area contributed by atoms with Crippen molar-refractivity contribution in [3.63, 3.8) is 0 Å². The lowest BCUT2D eigenvalue weighted by molar-refractivity contribution is 0.0633. The van der Waals surface area contributed by atoms with Crippen LogP contribution in [0.2, 0.25) is 0 Å². The molecular weight excluding hydrogens is 150 g/mol. The van der Waals surface area contributed by atoms with Crippen molar-refractivity contribution in [3.8, 4) is 0 Å². The molecule has 0 spiro atoms. The molecule has 12 heavy (non-hydrogen) atoms. The molecule has 1 aliphatic rings. The number of rotatable bonds is 5. The number of nitrogens with one attached hydrogen (secondary N) is 1. The third-order valence-electron chi connectivity index (χ3n) is 2.53. The summed E-state index contributed by atoms with van der Waals surface area (Å²) in [6, 6.07) is 0.705. The summed E-state index contributed by atoms with van der Waals surface area (Å²) < 4.78 is 5.71. The van der Waals surface area contributed by atoms with E-state index < -0.39 is 0 Å². The van der Waals surface area contributed by atoms with Crippen LogP contribution in [0.5, 0.6) is 0 Å². The van der Waals surface area contributed by atoms with Gasteiger partial charge in [-0.2, -0.15) is 0 Å². The maximum absolute atomic E-state index is 5.71. The third-order valence-corrected chi connectivity index (χ3v) is 2.53. The first kappa shape index (κ1) is 10.0. The first-order valence-corrected chi connectivity index (χ1v) is 5.21. The molecule has 0 bridgehead atoms. The number of hydrogen-bond donors (Lipinski definition) is 1.